The second-order valence-corrected chi connectivity index (χ2v) is 15.0. The van der Waals surface area contributed by atoms with E-state index < -0.39 is 27.4 Å². The number of amides is 3. The highest BCUT2D eigenvalue weighted by atomic mass is 32.2. The van der Waals surface area contributed by atoms with E-state index in [-0.39, 0.29) is 24.3 Å². The van der Waals surface area contributed by atoms with Gasteiger partial charge in [-0.3, -0.25) is 14.4 Å². The molecule has 2 bridgehead atoms. The molecular formula is C38H50N4O4S. The maximum absolute atomic E-state index is 14.9. The summed E-state index contributed by atoms with van der Waals surface area (Å²) in [5.74, 6) is -1.49. The molecular weight excluding hydrogens is 609 g/mol. The fraction of sp³-hybridized carbons (Fsp3) is 0.500. The zero-order chi connectivity index (χ0) is 33.8. The van der Waals surface area contributed by atoms with E-state index in [4.69, 9.17) is 0 Å². The van der Waals surface area contributed by atoms with Gasteiger partial charge in [0.15, 0.2) is 0 Å². The van der Waals surface area contributed by atoms with Crippen LogP contribution in [-0.2, 0) is 20.9 Å². The third-order valence-corrected chi connectivity index (χ3v) is 12.3. The molecule has 5 atom stereocenters. The van der Waals surface area contributed by atoms with Crippen LogP contribution in [0, 0.1) is 11.8 Å². The molecule has 3 aliphatic heterocycles. The van der Waals surface area contributed by atoms with Crippen LogP contribution < -0.4 is 9.80 Å². The molecule has 252 valence electrons. The van der Waals surface area contributed by atoms with Crippen LogP contribution in [0.4, 0.5) is 11.4 Å². The van der Waals surface area contributed by atoms with Crippen LogP contribution in [-0.4, -0.2) is 87.5 Å². The summed E-state index contributed by atoms with van der Waals surface area (Å²) in [6, 6.07) is 17.2. The van der Waals surface area contributed by atoms with Crippen LogP contribution in [0.25, 0.3) is 0 Å². The number of anilines is 2. The van der Waals surface area contributed by atoms with E-state index in [2.05, 4.69) is 38.8 Å². The number of aliphatic hydroxyl groups excluding tert-OH is 1. The second-order valence-electron chi connectivity index (χ2n) is 13.1. The lowest BCUT2D eigenvalue weighted by Crippen LogP contribution is -2.55. The van der Waals surface area contributed by atoms with Gasteiger partial charge in [0.05, 0.1) is 16.6 Å². The third-order valence-electron chi connectivity index (χ3n) is 10.3. The molecule has 0 aromatic heterocycles. The summed E-state index contributed by atoms with van der Waals surface area (Å²) < 4.78 is -1.20. The van der Waals surface area contributed by atoms with E-state index >= 15 is 0 Å². The van der Waals surface area contributed by atoms with Gasteiger partial charge in [0, 0.05) is 62.0 Å². The second kappa shape index (κ2) is 14.7. The summed E-state index contributed by atoms with van der Waals surface area (Å²) in [7, 11) is 0. The van der Waals surface area contributed by atoms with E-state index in [1.807, 2.05) is 59.5 Å². The topological polar surface area (TPSA) is 84.4 Å². The first-order valence-corrected chi connectivity index (χ1v) is 17.8. The number of likely N-dealkylation sites (tertiary alicyclic amines) is 1. The lowest BCUT2D eigenvalue weighted by atomic mass is 9.66. The largest absolute Gasteiger partial charge is 0.396 e. The molecule has 2 aromatic carbocycles. The SMILES string of the molecule is C=CCN(Cc1ccccc1)C(=O)[C@H]1[C@H]2C(=O)N(CCCCO)C(C(=O)N(CC=C)c3ccc(N(CC)CC)cc3)C23CC[C@]1(C)S3. The van der Waals surface area contributed by atoms with Crippen molar-refractivity contribution in [3.63, 3.8) is 0 Å². The van der Waals surface area contributed by atoms with E-state index in [9.17, 15) is 19.5 Å². The van der Waals surface area contributed by atoms with Crippen molar-refractivity contribution in [2.24, 2.45) is 11.8 Å². The number of rotatable bonds is 16. The Bertz CT molecular complexity index is 1450. The summed E-state index contributed by atoms with van der Waals surface area (Å²) in [6.07, 6.45) is 6.00. The van der Waals surface area contributed by atoms with Crippen LogP contribution in [0.1, 0.15) is 52.0 Å². The first-order chi connectivity index (χ1) is 22.7. The van der Waals surface area contributed by atoms with Gasteiger partial charge in [-0.1, -0.05) is 42.5 Å². The molecule has 3 heterocycles. The normalized spacial score (nSPS) is 25.8. The van der Waals surface area contributed by atoms with Crippen molar-refractivity contribution < 1.29 is 19.5 Å². The smallest absolute Gasteiger partial charge is 0.251 e. The molecule has 8 nitrogen and oxygen atoms in total. The highest BCUT2D eigenvalue weighted by molar-refractivity contribution is 8.02. The van der Waals surface area contributed by atoms with Gasteiger partial charge in [-0.25, -0.2) is 0 Å². The van der Waals surface area contributed by atoms with Crippen LogP contribution in [0.2, 0.25) is 0 Å². The van der Waals surface area contributed by atoms with Crippen molar-refractivity contribution in [3.8, 4) is 0 Å². The number of aliphatic hydroxyl groups is 1. The standard InChI is InChI=1S/C38H50N4O4S/c1-6-23-40(27-28-15-11-10-12-16-28)34(44)31-32-35(45)42(25-13-14-26-43)33(38(32)22-21-37(31,5)47-38)36(46)41(24-7-2)30-19-17-29(18-20-30)39(8-3)9-4/h6-7,10-12,15-20,31-33,43H,1-2,8-9,13-14,21-27H2,3-5H3/t31-,32+,33?,37+,38?/m1/s1. The van der Waals surface area contributed by atoms with Crippen LogP contribution >= 0.6 is 11.8 Å². The lowest BCUT2D eigenvalue weighted by molar-refractivity contribution is -0.145. The van der Waals surface area contributed by atoms with Gasteiger partial charge in [-0.15, -0.1) is 24.9 Å². The Labute approximate surface area is 284 Å². The highest BCUT2D eigenvalue weighted by Crippen LogP contribution is 2.71. The number of unbranched alkanes of at least 4 members (excludes halogenated alkanes) is 1. The van der Waals surface area contributed by atoms with Gasteiger partial charge in [0.1, 0.15) is 6.04 Å². The summed E-state index contributed by atoms with van der Waals surface area (Å²) in [5, 5.41) is 9.58. The zero-order valence-electron chi connectivity index (χ0n) is 28.1. The number of fused-ring (bicyclic) bond motifs is 1. The monoisotopic (exact) mass is 658 g/mol. The molecule has 2 aromatic rings. The Morgan fingerprint density at radius 2 is 1.62 bits per heavy atom. The minimum Gasteiger partial charge on any atom is -0.396 e. The number of hydrogen-bond donors (Lipinski definition) is 1. The zero-order valence-corrected chi connectivity index (χ0v) is 29.0. The number of nitrogens with zero attached hydrogens (tertiary/aromatic N) is 4. The Kier molecular flexibility index (Phi) is 10.9. The molecule has 3 fully saturated rings. The summed E-state index contributed by atoms with van der Waals surface area (Å²) in [4.78, 5) is 51.8. The Morgan fingerprint density at radius 3 is 2.23 bits per heavy atom. The predicted molar refractivity (Wildman–Crippen MR) is 191 cm³/mol. The Hall–Kier alpha value is -3.56. The van der Waals surface area contributed by atoms with E-state index in [1.165, 1.54) is 0 Å². The molecule has 3 amide bonds. The number of carbonyl (C=O) groups is 3. The molecule has 5 rings (SSSR count). The quantitative estimate of drug-likeness (QED) is 0.189. The average Bonchev–Trinajstić information content (AvgIpc) is 3.65. The number of hydrogen-bond acceptors (Lipinski definition) is 6. The summed E-state index contributed by atoms with van der Waals surface area (Å²) in [5.41, 5.74) is 2.86. The molecule has 3 saturated heterocycles. The molecule has 0 saturated carbocycles. The molecule has 9 heteroatoms. The first kappa shape index (κ1) is 34.8. The first-order valence-electron chi connectivity index (χ1n) is 17.0. The van der Waals surface area contributed by atoms with Crippen molar-refractivity contribution in [2.75, 3.05) is 49.1 Å². The van der Waals surface area contributed by atoms with Crippen molar-refractivity contribution in [3.05, 3.63) is 85.5 Å². The minimum atomic E-state index is -0.729. The number of benzene rings is 2. The van der Waals surface area contributed by atoms with E-state index in [0.29, 0.717) is 45.4 Å². The predicted octanol–water partition coefficient (Wildman–Crippen LogP) is 5.52. The molecule has 0 radical (unpaired) electrons. The molecule has 47 heavy (non-hydrogen) atoms. The number of thioether (sulfide) groups is 1. The van der Waals surface area contributed by atoms with Crippen LogP contribution in [0.5, 0.6) is 0 Å². The molecule has 2 unspecified atom stereocenters. The molecule has 3 aliphatic rings. The van der Waals surface area contributed by atoms with Crippen molar-refractivity contribution >= 4 is 40.9 Å². The van der Waals surface area contributed by atoms with E-state index in [0.717, 1.165) is 36.4 Å². The summed E-state index contributed by atoms with van der Waals surface area (Å²) >= 11 is 1.69. The fourth-order valence-electron chi connectivity index (χ4n) is 8.14. The average molecular weight is 659 g/mol. The minimum absolute atomic E-state index is 0.0145. The Morgan fingerprint density at radius 1 is 0.957 bits per heavy atom. The van der Waals surface area contributed by atoms with Crippen LogP contribution in [0.15, 0.2) is 79.9 Å². The van der Waals surface area contributed by atoms with Gasteiger partial charge in [0.25, 0.3) is 5.91 Å². The maximum Gasteiger partial charge on any atom is 0.251 e. The highest BCUT2D eigenvalue weighted by Gasteiger charge is 2.77. The van der Waals surface area contributed by atoms with Gasteiger partial charge >= 0.3 is 0 Å². The van der Waals surface area contributed by atoms with E-state index in [1.54, 1.807) is 33.7 Å². The van der Waals surface area contributed by atoms with Crippen molar-refractivity contribution in [1.82, 2.24) is 9.80 Å². The Balaban J connectivity index is 1.53. The molecule has 1 N–H and O–H groups in total. The van der Waals surface area contributed by atoms with Crippen molar-refractivity contribution in [2.45, 2.75) is 68.5 Å². The van der Waals surface area contributed by atoms with Crippen LogP contribution in [0.3, 0.4) is 0 Å². The summed E-state index contributed by atoms with van der Waals surface area (Å²) in [6.45, 7) is 17.5. The van der Waals surface area contributed by atoms with Crippen molar-refractivity contribution in [1.29, 1.82) is 0 Å². The molecule has 1 spiro atoms. The fourth-order valence-corrected chi connectivity index (χ4v) is 10.5. The van der Waals surface area contributed by atoms with Gasteiger partial charge in [-0.2, -0.15) is 0 Å². The van der Waals surface area contributed by atoms with Gasteiger partial charge in [-0.05, 0) is 76.3 Å². The lowest BCUT2D eigenvalue weighted by Gasteiger charge is -2.38. The van der Waals surface area contributed by atoms with Gasteiger partial charge in [0.2, 0.25) is 11.8 Å². The maximum atomic E-state index is 14.9. The molecule has 0 aliphatic carbocycles. The third kappa shape index (κ3) is 6.36. The number of carbonyl (C=O) groups excluding carboxylic acids is 3. The van der Waals surface area contributed by atoms with Gasteiger partial charge < -0.3 is 24.7 Å².